The van der Waals surface area contributed by atoms with Crippen LogP contribution >= 0.6 is 0 Å². The highest BCUT2D eigenvalue weighted by Gasteiger charge is 2.46. The van der Waals surface area contributed by atoms with Crippen molar-refractivity contribution in [2.24, 2.45) is 5.92 Å². The molecule has 2 aromatic rings. The second-order valence-corrected chi connectivity index (χ2v) is 8.80. The summed E-state index contributed by atoms with van der Waals surface area (Å²) in [7, 11) is 0. The Labute approximate surface area is 186 Å². The summed E-state index contributed by atoms with van der Waals surface area (Å²) in [5.74, 6) is 1.07. The van der Waals surface area contributed by atoms with Crippen molar-refractivity contribution in [2.75, 3.05) is 18.5 Å². The van der Waals surface area contributed by atoms with Crippen LogP contribution in [0.4, 0.5) is 5.69 Å². The third kappa shape index (κ3) is 4.47. The van der Waals surface area contributed by atoms with E-state index >= 15 is 0 Å². The third-order valence-electron chi connectivity index (χ3n) is 6.38. The van der Waals surface area contributed by atoms with Gasteiger partial charge in [-0.15, -0.1) is 0 Å². The molecule has 168 valence electrons. The minimum Gasteiger partial charge on any atom is -0.487 e. The van der Waals surface area contributed by atoms with E-state index in [1.807, 2.05) is 12.1 Å². The quantitative estimate of drug-likeness (QED) is 0.613. The number of rotatable bonds is 7. The number of amides is 2. The highest BCUT2D eigenvalue weighted by molar-refractivity contribution is 6.04. The Hall–Kier alpha value is -2.97. The Kier molecular flexibility index (Phi) is 5.80. The zero-order chi connectivity index (χ0) is 22.1. The lowest BCUT2D eigenvalue weighted by Crippen LogP contribution is -2.47. The summed E-state index contributed by atoms with van der Waals surface area (Å²) in [6, 6.07) is 8.96. The van der Waals surface area contributed by atoms with Crippen molar-refractivity contribution in [3.63, 3.8) is 0 Å². The van der Waals surface area contributed by atoms with Crippen molar-refractivity contribution in [1.82, 2.24) is 10.3 Å². The van der Waals surface area contributed by atoms with E-state index in [1.165, 1.54) is 19.0 Å². The fourth-order valence-corrected chi connectivity index (χ4v) is 4.53. The molecule has 3 heterocycles. The summed E-state index contributed by atoms with van der Waals surface area (Å²) >= 11 is 0. The van der Waals surface area contributed by atoms with Crippen LogP contribution in [0.5, 0.6) is 5.75 Å². The maximum absolute atomic E-state index is 12.5. The maximum Gasteiger partial charge on any atom is 0.257 e. The minimum absolute atomic E-state index is 0.0198. The van der Waals surface area contributed by atoms with E-state index in [2.05, 4.69) is 15.6 Å². The van der Waals surface area contributed by atoms with E-state index in [9.17, 15) is 14.7 Å². The van der Waals surface area contributed by atoms with Crippen molar-refractivity contribution in [3.05, 3.63) is 53.9 Å². The number of benzene rings is 1. The van der Waals surface area contributed by atoms with Gasteiger partial charge in [-0.25, -0.2) is 0 Å². The highest BCUT2D eigenvalue weighted by Crippen LogP contribution is 2.47. The summed E-state index contributed by atoms with van der Waals surface area (Å²) in [5.41, 5.74) is 2.10. The number of pyridine rings is 1. The number of nitrogens with one attached hydrogen (secondary N) is 2. The molecular formula is C24H27N3O5. The number of aromatic nitrogens is 1. The molecule has 32 heavy (non-hydrogen) atoms. The Morgan fingerprint density at radius 3 is 2.84 bits per heavy atom. The zero-order valence-electron chi connectivity index (χ0n) is 17.7. The van der Waals surface area contributed by atoms with E-state index < -0.39 is 6.10 Å². The van der Waals surface area contributed by atoms with Gasteiger partial charge in [-0.2, -0.15) is 0 Å². The molecule has 3 aliphatic rings. The molecule has 4 atom stereocenters. The van der Waals surface area contributed by atoms with E-state index in [-0.39, 0.29) is 43.0 Å². The van der Waals surface area contributed by atoms with Gasteiger partial charge in [0, 0.05) is 36.1 Å². The van der Waals surface area contributed by atoms with Gasteiger partial charge in [0.25, 0.3) is 5.91 Å². The van der Waals surface area contributed by atoms with Gasteiger partial charge in [-0.1, -0.05) is 0 Å². The number of hydrogen-bond donors (Lipinski definition) is 3. The second-order valence-electron chi connectivity index (χ2n) is 8.80. The van der Waals surface area contributed by atoms with Gasteiger partial charge in [0.2, 0.25) is 5.91 Å². The van der Waals surface area contributed by atoms with Crippen LogP contribution in [0, 0.1) is 5.92 Å². The summed E-state index contributed by atoms with van der Waals surface area (Å²) < 4.78 is 12.1. The van der Waals surface area contributed by atoms with Gasteiger partial charge >= 0.3 is 0 Å². The van der Waals surface area contributed by atoms with Crippen molar-refractivity contribution >= 4 is 17.5 Å². The smallest absolute Gasteiger partial charge is 0.257 e. The van der Waals surface area contributed by atoms with Crippen LogP contribution in [0.15, 0.2) is 42.7 Å². The molecule has 1 aliphatic carbocycles. The molecule has 0 spiro atoms. The van der Waals surface area contributed by atoms with E-state index in [1.54, 1.807) is 24.4 Å². The van der Waals surface area contributed by atoms with Gasteiger partial charge < -0.3 is 25.2 Å². The second kappa shape index (κ2) is 8.88. The van der Waals surface area contributed by atoms with Crippen LogP contribution in [-0.4, -0.2) is 53.4 Å². The molecular weight excluding hydrogens is 410 g/mol. The zero-order valence-corrected chi connectivity index (χ0v) is 17.7. The normalized spacial score (nSPS) is 25.9. The van der Waals surface area contributed by atoms with Gasteiger partial charge in [-0.05, 0) is 55.5 Å². The van der Waals surface area contributed by atoms with Crippen LogP contribution in [-0.2, 0) is 9.53 Å². The molecule has 5 rings (SSSR count). The molecule has 8 nitrogen and oxygen atoms in total. The number of aliphatic hydroxyl groups is 1. The topological polar surface area (TPSA) is 110 Å². The molecule has 1 aromatic heterocycles. The Balaban J connectivity index is 1.29. The molecule has 8 heteroatoms. The fraction of sp³-hybridized carbons (Fsp3) is 0.458. The maximum atomic E-state index is 12.5. The molecule has 3 N–H and O–H groups in total. The van der Waals surface area contributed by atoms with Crippen molar-refractivity contribution in [2.45, 2.75) is 49.9 Å². The largest absolute Gasteiger partial charge is 0.487 e. The summed E-state index contributed by atoms with van der Waals surface area (Å²) in [5, 5.41) is 15.8. The first kappa shape index (κ1) is 20.9. The predicted molar refractivity (Wildman–Crippen MR) is 117 cm³/mol. The molecule has 2 amide bonds. The first-order chi connectivity index (χ1) is 15.6. The molecule has 0 bridgehead atoms. The van der Waals surface area contributed by atoms with Crippen LogP contribution in [0.2, 0.25) is 0 Å². The SMILES string of the molecule is O=C(C[C@H]1C[C@H]2c3cc(NC(=O)c4cccnc4)ccc3O[C@H]2[C@@H](CO)O1)NCC1CC1. The number of anilines is 1. The van der Waals surface area contributed by atoms with Crippen LogP contribution < -0.4 is 15.4 Å². The molecule has 2 fully saturated rings. The highest BCUT2D eigenvalue weighted by atomic mass is 16.6. The van der Waals surface area contributed by atoms with Crippen molar-refractivity contribution in [3.8, 4) is 5.75 Å². The Bertz CT molecular complexity index is 994. The Morgan fingerprint density at radius 1 is 1.22 bits per heavy atom. The van der Waals surface area contributed by atoms with Crippen molar-refractivity contribution in [1.29, 1.82) is 0 Å². The van der Waals surface area contributed by atoms with Crippen LogP contribution in [0.1, 0.15) is 47.5 Å². The lowest BCUT2D eigenvalue weighted by atomic mass is 9.84. The molecule has 1 saturated carbocycles. The van der Waals surface area contributed by atoms with Gasteiger partial charge in [0.1, 0.15) is 18.0 Å². The van der Waals surface area contributed by atoms with E-state index in [4.69, 9.17) is 9.47 Å². The summed E-state index contributed by atoms with van der Waals surface area (Å²) in [4.78, 5) is 28.8. The van der Waals surface area contributed by atoms with E-state index in [0.29, 0.717) is 23.6 Å². The fourth-order valence-electron chi connectivity index (χ4n) is 4.53. The molecule has 0 unspecified atom stereocenters. The first-order valence-corrected chi connectivity index (χ1v) is 11.2. The van der Waals surface area contributed by atoms with E-state index in [0.717, 1.165) is 17.9 Å². The molecule has 0 radical (unpaired) electrons. The number of fused-ring (bicyclic) bond motifs is 3. The Morgan fingerprint density at radius 2 is 2.09 bits per heavy atom. The van der Waals surface area contributed by atoms with Gasteiger partial charge in [-0.3, -0.25) is 14.6 Å². The average Bonchev–Trinajstić information content (AvgIpc) is 3.58. The average molecular weight is 437 g/mol. The predicted octanol–water partition coefficient (Wildman–Crippen LogP) is 2.24. The molecule has 1 saturated heterocycles. The minimum atomic E-state index is -0.504. The van der Waals surface area contributed by atoms with Gasteiger partial charge in [0.15, 0.2) is 0 Å². The number of carbonyl (C=O) groups is 2. The third-order valence-corrected chi connectivity index (χ3v) is 6.38. The lowest BCUT2D eigenvalue weighted by Gasteiger charge is -2.37. The number of hydrogen-bond acceptors (Lipinski definition) is 6. The number of ether oxygens (including phenoxy) is 2. The first-order valence-electron chi connectivity index (χ1n) is 11.2. The lowest BCUT2D eigenvalue weighted by molar-refractivity contribution is -0.142. The van der Waals surface area contributed by atoms with Gasteiger partial charge in [0.05, 0.1) is 24.7 Å². The molecule has 1 aromatic carbocycles. The van der Waals surface area contributed by atoms with Crippen molar-refractivity contribution < 1.29 is 24.2 Å². The summed E-state index contributed by atoms with van der Waals surface area (Å²) in [6.45, 7) is 0.549. The van der Waals surface area contributed by atoms with Crippen LogP contribution in [0.3, 0.4) is 0 Å². The number of aliphatic hydroxyl groups excluding tert-OH is 1. The standard InChI is InChI=1S/C24H27N3O5/c28-13-21-23-19(9-17(31-21)10-22(29)26-11-14-3-4-14)18-8-16(5-6-20(18)32-23)27-24(30)15-2-1-7-25-12-15/h1-2,5-8,12,14,17,19,21,23,28H,3-4,9-11,13H2,(H,26,29)(H,27,30)/t17-,19+,21-,23-/m1/s1. The monoisotopic (exact) mass is 437 g/mol. The van der Waals surface area contributed by atoms with Crippen LogP contribution in [0.25, 0.3) is 0 Å². The number of carbonyl (C=O) groups excluding carboxylic acids is 2. The number of nitrogens with zero attached hydrogens (tertiary/aromatic N) is 1. The summed E-state index contributed by atoms with van der Waals surface area (Å²) in [6.07, 6.45) is 5.27. The molecule has 2 aliphatic heterocycles.